The average Bonchev–Trinajstić information content (AvgIpc) is 2.91. The molecule has 1 aromatic carbocycles. The lowest BCUT2D eigenvalue weighted by molar-refractivity contribution is 0.296. The number of thiazole rings is 1. The van der Waals surface area contributed by atoms with Gasteiger partial charge in [-0.15, -0.1) is 11.3 Å². The van der Waals surface area contributed by atoms with Crippen molar-refractivity contribution in [2.45, 2.75) is 33.2 Å². The summed E-state index contributed by atoms with van der Waals surface area (Å²) in [6.45, 7) is 11.2. The Bertz CT molecular complexity index is 486. The molecule has 1 N–H and O–H groups in total. The maximum atomic E-state index is 4.70. The van der Waals surface area contributed by atoms with Crippen LogP contribution in [0.25, 0.3) is 10.2 Å². The second-order valence-electron chi connectivity index (χ2n) is 5.08. The fourth-order valence-corrected chi connectivity index (χ4v) is 3.32. The number of fused-ring (bicyclic) bond motifs is 1. The first-order valence-electron chi connectivity index (χ1n) is 7.55. The summed E-state index contributed by atoms with van der Waals surface area (Å²) in [6, 6.07) is 8.69. The molecule has 4 heteroatoms. The van der Waals surface area contributed by atoms with Crippen LogP contribution in [-0.2, 0) is 0 Å². The molecule has 2 aromatic rings. The van der Waals surface area contributed by atoms with Gasteiger partial charge in [0.15, 0.2) is 0 Å². The van der Waals surface area contributed by atoms with E-state index < -0.39 is 0 Å². The Morgan fingerprint density at radius 3 is 2.70 bits per heavy atom. The van der Waals surface area contributed by atoms with Gasteiger partial charge in [0.1, 0.15) is 5.01 Å². The lowest BCUT2D eigenvalue weighted by Crippen LogP contribution is -2.28. The van der Waals surface area contributed by atoms with E-state index in [1.54, 1.807) is 11.3 Å². The summed E-state index contributed by atoms with van der Waals surface area (Å²) in [5, 5.41) is 4.77. The summed E-state index contributed by atoms with van der Waals surface area (Å²) < 4.78 is 1.28. The average molecular weight is 291 g/mol. The molecular formula is C16H25N3S. The normalized spacial score (nSPS) is 13.2. The van der Waals surface area contributed by atoms with Gasteiger partial charge in [0.2, 0.25) is 0 Å². The van der Waals surface area contributed by atoms with Gasteiger partial charge in [-0.1, -0.05) is 26.0 Å². The van der Waals surface area contributed by atoms with E-state index in [0.717, 1.165) is 25.2 Å². The topological polar surface area (TPSA) is 28.2 Å². The number of benzene rings is 1. The van der Waals surface area contributed by atoms with Crippen molar-refractivity contribution in [3.05, 3.63) is 29.3 Å². The van der Waals surface area contributed by atoms with Crippen LogP contribution in [0.3, 0.4) is 0 Å². The number of hydrogen-bond donors (Lipinski definition) is 1. The van der Waals surface area contributed by atoms with E-state index in [2.05, 4.69) is 49.2 Å². The Balaban J connectivity index is 1.81. The van der Waals surface area contributed by atoms with E-state index in [9.17, 15) is 0 Å². The molecule has 0 amide bonds. The van der Waals surface area contributed by atoms with Crippen molar-refractivity contribution >= 4 is 21.6 Å². The Morgan fingerprint density at radius 1 is 1.25 bits per heavy atom. The molecule has 0 aliphatic carbocycles. The quantitative estimate of drug-likeness (QED) is 0.752. The van der Waals surface area contributed by atoms with Gasteiger partial charge >= 0.3 is 0 Å². The van der Waals surface area contributed by atoms with Crippen LogP contribution < -0.4 is 5.32 Å². The van der Waals surface area contributed by atoms with Crippen molar-refractivity contribution in [3.8, 4) is 0 Å². The van der Waals surface area contributed by atoms with Crippen molar-refractivity contribution in [1.29, 1.82) is 0 Å². The Hall–Kier alpha value is -0.970. The molecule has 0 spiro atoms. The fraction of sp³-hybridized carbons (Fsp3) is 0.562. The second kappa shape index (κ2) is 7.72. The Kier molecular flexibility index (Phi) is 5.95. The highest BCUT2D eigenvalue weighted by Crippen LogP contribution is 2.25. The molecule has 0 aliphatic rings. The highest BCUT2D eigenvalue weighted by molar-refractivity contribution is 7.18. The first-order chi connectivity index (χ1) is 9.74. The molecule has 0 saturated heterocycles. The summed E-state index contributed by atoms with van der Waals surface area (Å²) in [6.07, 6.45) is 1.19. The van der Waals surface area contributed by atoms with Crippen LogP contribution in [0.1, 0.15) is 38.2 Å². The molecule has 0 saturated carbocycles. The molecule has 2 rings (SSSR count). The minimum absolute atomic E-state index is 0.337. The molecule has 20 heavy (non-hydrogen) atoms. The van der Waals surface area contributed by atoms with Gasteiger partial charge < -0.3 is 10.2 Å². The van der Waals surface area contributed by atoms with Crippen molar-refractivity contribution in [2.24, 2.45) is 0 Å². The molecule has 0 radical (unpaired) electrons. The standard InChI is InChI=1S/C16H25N3S/c1-4-19(5-2)12-8-11-17-13(3)16-18-14-9-6-7-10-15(14)20-16/h6-7,9-10,13,17H,4-5,8,11-12H2,1-3H3. The number of nitrogens with zero attached hydrogens (tertiary/aromatic N) is 2. The molecule has 1 unspecified atom stereocenters. The van der Waals surface area contributed by atoms with Crippen LogP contribution in [0.15, 0.2) is 24.3 Å². The van der Waals surface area contributed by atoms with Gasteiger partial charge in [0.25, 0.3) is 0 Å². The Labute approximate surface area is 126 Å². The molecular weight excluding hydrogens is 266 g/mol. The van der Waals surface area contributed by atoms with Crippen molar-refractivity contribution in [3.63, 3.8) is 0 Å². The monoisotopic (exact) mass is 291 g/mol. The second-order valence-corrected chi connectivity index (χ2v) is 6.14. The minimum Gasteiger partial charge on any atom is -0.308 e. The molecule has 0 bridgehead atoms. The van der Waals surface area contributed by atoms with Gasteiger partial charge in [-0.2, -0.15) is 0 Å². The van der Waals surface area contributed by atoms with Crippen LogP contribution in [0.2, 0.25) is 0 Å². The van der Waals surface area contributed by atoms with Crippen LogP contribution >= 0.6 is 11.3 Å². The maximum absolute atomic E-state index is 4.70. The first kappa shape index (κ1) is 15.4. The third kappa shape index (κ3) is 4.01. The van der Waals surface area contributed by atoms with Gasteiger partial charge in [0.05, 0.1) is 16.3 Å². The van der Waals surface area contributed by atoms with Gasteiger partial charge in [-0.25, -0.2) is 4.98 Å². The van der Waals surface area contributed by atoms with E-state index >= 15 is 0 Å². The third-order valence-corrected chi connectivity index (χ3v) is 4.90. The van der Waals surface area contributed by atoms with Crippen molar-refractivity contribution in [1.82, 2.24) is 15.2 Å². The highest BCUT2D eigenvalue weighted by atomic mass is 32.1. The molecule has 1 atom stereocenters. The molecule has 1 aromatic heterocycles. The maximum Gasteiger partial charge on any atom is 0.111 e. The Morgan fingerprint density at radius 2 is 2.00 bits per heavy atom. The number of para-hydroxylation sites is 1. The fourth-order valence-electron chi connectivity index (χ4n) is 2.32. The largest absolute Gasteiger partial charge is 0.308 e. The lowest BCUT2D eigenvalue weighted by Gasteiger charge is -2.18. The van der Waals surface area contributed by atoms with Crippen LogP contribution in [0, 0.1) is 0 Å². The predicted octanol–water partition coefficient (Wildman–Crippen LogP) is 3.68. The summed E-state index contributed by atoms with van der Waals surface area (Å²) >= 11 is 1.79. The van der Waals surface area contributed by atoms with Gasteiger partial charge in [0, 0.05) is 0 Å². The third-order valence-electron chi connectivity index (χ3n) is 3.68. The number of rotatable bonds is 8. The zero-order valence-electron chi connectivity index (χ0n) is 12.7. The van der Waals surface area contributed by atoms with Crippen LogP contribution in [0.4, 0.5) is 0 Å². The highest BCUT2D eigenvalue weighted by Gasteiger charge is 2.10. The number of nitrogens with one attached hydrogen (secondary N) is 1. The first-order valence-corrected chi connectivity index (χ1v) is 8.37. The van der Waals surface area contributed by atoms with E-state index in [-0.39, 0.29) is 0 Å². The molecule has 3 nitrogen and oxygen atoms in total. The predicted molar refractivity (Wildman–Crippen MR) is 88.4 cm³/mol. The SMILES string of the molecule is CCN(CC)CCCNC(C)c1nc2ccccc2s1. The zero-order chi connectivity index (χ0) is 14.4. The van der Waals surface area contributed by atoms with Crippen molar-refractivity contribution < 1.29 is 0 Å². The summed E-state index contributed by atoms with van der Waals surface area (Å²) in [4.78, 5) is 7.17. The zero-order valence-corrected chi connectivity index (χ0v) is 13.5. The van der Waals surface area contributed by atoms with E-state index in [1.165, 1.54) is 22.7 Å². The molecule has 110 valence electrons. The van der Waals surface area contributed by atoms with Gasteiger partial charge in [-0.05, 0) is 51.7 Å². The minimum atomic E-state index is 0.337. The summed E-state index contributed by atoms with van der Waals surface area (Å²) in [5.74, 6) is 0. The lowest BCUT2D eigenvalue weighted by atomic mass is 10.3. The summed E-state index contributed by atoms with van der Waals surface area (Å²) in [5.41, 5.74) is 1.12. The van der Waals surface area contributed by atoms with E-state index in [4.69, 9.17) is 4.98 Å². The number of aromatic nitrogens is 1. The van der Waals surface area contributed by atoms with Crippen LogP contribution in [-0.4, -0.2) is 36.1 Å². The molecule has 0 fully saturated rings. The van der Waals surface area contributed by atoms with Gasteiger partial charge in [-0.3, -0.25) is 0 Å². The van der Waals surface area contributed by atoms with E-state index in [0.29, 0.717) is 6.04 Å². The molecule has 0 aliphatic heterocycles. The smallest absolute Gasteiger partial charge is 0.111 e. The van der Waals surface area contributed by atoms with Crippen LogP contribution in [0.5, 0.6) is 0 Å². The number of hydrogen-bond acceptors (Lipinski definition) is 4. The van der Waals surface area contributed by atoms with Crippen molar-refractivity contribution in [2.75, 3.05) is 26.2 Å². The van der Waals surface area contributed by atoms with E-state index in [1.807, 2.05) is 6.07 Å². The molecule has 1 heterocycles. The summed E-state index contributed by atoms with van der Waals surface area (Å²) in [7, 11) is 0.